The summed E-state index contributed by atoms with van der Waals surface area (Å²) in [5, 5.41) is 3.08. The Bertz CT molecular complexity index is 563. The van der Waals surface area contributed by atoms with Crippen LogP contribution in [0.5, 0.6) is 6.01 Å². The molecule has 0 saturated heterocycles. The lowest BCUT2D eigenvalue weighted by atomic mass is 10.1. The smallest absolute Gasteiger partial charge is 0.321 e. The molecule has 0 unspecified atom stereocenters. The molecule has 100 valence electrons. The Hall–Kier alpha value is -2.17. The van der Waals surface area contributed by atoms with Crippen molar-refractivity contribution in [1.29, 1.82) is 0 Å². The molecule has 5 nitrogen and oxygen atoms in total. The van der Waals surface area contributed by atoms with Gasteiger partial charge in [-0.15, -0.1) is 0 Å². The van der Waals surface area contributed by atoms with Crippen LogP contribution in [0.1, 0.15) is 18.1 Å². The van der Waals surface area contributed by atoms with E-state index in [9.17, 15) is 0 Å². The predicted octanol–water partition coefficient (Wildman–Crippen LogP) is 2.60. The van der Waals surface area contributed by atoms with E-state index in [1.165, 1.54) is 11.1 Å². The summed E-state index contributed by atoms with van der Waals surface area (Å²) in [5.41, 5.74) is 3.33. The van der Waals surface area contributed by atoms with Crippen molar-refractivity contribution in [2.75, 3.05) is 19.0 Å². The van der Waals surface area contributed by atoms with E-state index in [0.29, 0.717) is 17.8 Å². The fraction of sp³-hybridized carbons (Fsp3) is 0.357. The number of hydrogen-bond acceptors (Lipinski definition) is 5. The lowest BCUT2D eigenvalue weighted by molar-refractivity contribution is 0.379. The van der Waals surface area contributed by atoms with E-state index in [1.54, 1.807) is 7.11 Å². The minimum Gasteiger partial charge on any atom is -0.467 e. The number of anilines is 1. The maximum atomic E-state index is 5.12. The molecule has 5 heteroatoms. The van der Waals surface area contributed by atoms with Gasteiger partial charge in [-0.05, 0) is 32.9 Å². The Morgan fingerprint density at radius 3 is 2.32 bits per heavy atom. The first-order valence-electron chi connectivity index (χ1n) is 6.25. The fourth-order valence-electron chi connectivity index (χ4n) is 1.92. The quantitative estimate of drug-likeness (QED) is 0.913. The van der Waals surface area contributed by atoms with Crippen LogP contribution in [0.15, 0.2) is 18.2 Å². The molecule has 0 aliphatic heterocycles. The largest absolute Gasteiger partial charge is 0.467 e. The van der Waals surface area contributed by atoms with Crippen molar-refractivity contribution in [1.82, 2.24) is 15.0 Å². The van der Waals surface area contributed by atoms with E-state index in [4.69, 9.17) is 4.74 Å². The van der Waals surface area contributed by atoms with Crippen LogP contribution in [0.3, 0.4) is 0 Å². The van der Waals surface area contributed by atoms with Crippen LogP contribution in [0.4, 0.5) is 5.95 Å². The lowest BCUT2D eigenvalue weighted by Gasteiger charge is -2.08. The molecule has 0 spiro atoms. The molecule has 1 heterocycles. The first-order chi connectivity index (χ1) is 9.12. The van der Waals surface area contributed by atoms with Crippen molar-refractivity contribution in [3.8, 4) is 17.4 Å². The van der Waals surface area contributed by atoms with Gasteiger partial charge in [-0.3, -0.25) is 0 Å². The second-order valence-corrected chi connectivity index (χ2v) is 4.38. The summed E-state index contributed by atoms with van der Waals surface area (Å²) in [6, 6.07) is 6.54. The number of hydrogen-bond donors (Lipinski definition) is 1. The first-order valence-corrected chi connectivity index (χ1v) is 6.25. The molecule has 0 aliphatic rings. The Balaban J connectivity index is 2.50. The molecular formula is C14H18N4O. The molecule has 0 amide bonds. The third kappa shape index (κ3) is 3.19. The fourth-order valence-corrected chi connectivity index (χ4v) is 1.92. The monoisotopic (exact) mass is 258 g/mol. The van der Waals surface area contributed by atoms with E-state index < -0.39 is 0 Å². The average molecular weight is 258 g/mol. The summed E-state index contributed by atoms with van der Waals surface area (Å²) >= 11 is 0. The Morgan fingerprint density at radius 1 is 1.05 bits per heavy atom. The topological polar surface area (TPSA) is 59.9 Å². The van der Waals surface area contributed by atoms with Gasteiger partial charge in [0.15, 0.2) is 5.82 Å². The van der Waals surface area contributed by atoms with Crippen LogP contribution in [0.25, 0.3) is 11.4 Å². The zero-order chi connectivity index (χ0) is 13.8. The molecule has 0 saturated carbocycles. The second-order valence-electron chi connectivity index (χ2n) is 4.38. The molecule has 1 aromatic carbocycles. The van der Waals surface area contributed by atoms with Gasteiger partial charge >= 0.3 is 6.01 Å². The molecule has 0 atom stereocenters. The number of nitrogens with zero attached hydrogens (tertiary/aromatic N) is 3. The van der Waals surface area contributed by atoms with Crippen LogP contribution in [0.2, 0.25) is 0 Å². The lowest BCUT2D eigenvalue weighted by Crippen LogP contribution is -2.06. The second kappa shape index (κ2) is 5.65. The van der Waals surface area contributed by atoms with Crippen molar-refractivity contribution in [2.24, 2.45) is 0 Å². The summed E-state index contributed by atoms with van der Waals surface area (Å²) < 4.78 is 5.12. The van der Waals surface area contributed by atoms with Gasteiger partial charge in [0.25, 0.3) is 0 Å². The number of nitrogens with one attached hydrogen (secondary N) is 1. The SMILES string of the molecule is CCNc1nc(OC)nc(-c2cc(C)cc(C)c2)n1. The Morgan fingerprint density at radius 2 is 1.74 bits per heavy atom. The third-order valence-electron chi connectivity index (χ3n) is 2.61. The zero-order valence-corrected chi connectivity index (χ0v) is 11.7. The predicted molar refractivity (Wildman–Crippen MR) is 75.5 cm³/mol. The van der Waals surface area contributed by atoms with Crippen LogP contribution in [-0.2, 0) is 0 Å². The number of methoxy groups -OCH3 is 1. The van der Waals surface area contributed by atoms with E-state index in [2.05, 4.69) is 52.3 Å². The minimum atomic E-state index is 0.320. The number of aryl methyl sites for hydroxylation is 2. The van der Waals surface area contributed by atoms with Gasteiger partial charge in [-0.25, -0.2) is 0 Å². The van der Waals surface area contributed by atoms with Gasteiger partial charge in [0.05, 0.1) is 7.11 Å². The molecular weight excluding hydrogens is 240 g/mol. The van der Waals surface area contributed by atoms with Crippen LogP contribution < -0.4 is 10.1 Å². The highest BCUT2D eigenvalue weighted by Crippen LogP contribution is 2.21. The Kier molecular flexibility index (Phi) is 3.94. The van der Waals surface area contributed by atoms with E-state index in [0.717, 1.165) is 12.1 Å². The minimum absolute atomic E-state index is 0.320. The van der Waals surface area contributed by atoms with E-state index in [1.807, 2.05) is 6.92 Å². The summed E-state index contributed by atoms with van der Waals surface area (Å²) in [6.07, 6.45) is 0. The molecule has 0 fully saturated rings. The Labute approximate surface area is 113 Å². The normalized spacial score (nSPS) is 10.3. The highest BCUT2D eigenvalue weighted by Gasteiger charge is 2.09. The molecule has 0 radical (unpaired) electrons. The summed E-state index contributed by atoms with van der Waals surface area (Å²) in [7, 11) is 1.55. The standard InChI is InChI=1S/C14H18N4O/c1-5-15-13-16-12(17-14(18-13)19-4)11-7-9(2)6-10(3)8-11/h6-8H,5H2,1-4H3,(H,15,16,17,18). The van der Waals surface area contributed by atoms with Gasteiger partial charge in [0, 0.05) is 12.1 Å². The molecule has 0 aliphatic carbocycles. The van der Waals surface area contributed by atoms with Crippen molar-refractivity contribution in [3.63, 3.8) is 0 Å². The molecule has 2 aromatic rings. The molecule has 0 bridgehead atoms. The molecule has 1 N–H and O–H groups in total. The first kappa shape index (κ1) is 13.3. The van der Waals surface area contributed by atoms with Gasteiger partial charge in [-0.1, -0.05) is 17.2 Å². The van der Waals surface area contributed by atoms with Crippen LogP contribution in [-0.4, -0.2) is 28.6 Å². The van der Waals surface area contributed by atoms with Crippen molar-refractivity contribution in [3.05, 3.63) is 29.3 Å². The number of ether oxygens (including phenoxy) is 1. The van der Waals surface area contributed by atoms with E-state index >= 15 is 0 Å². The van der Waals surface area contributed by atoms with Crippen molar-refractivity contribution >= 4 is 5.95 Å². The third-order valence-corrected chi connectivity index (χ3v) is 2.61. The number of rotatable bonds is 4. The number of benzene rings is 1. The summed E-state index contributed by atoms with van der Waals surface area (Å²) in [5.74, 6) is 1.15. The van der Waals surface area contributed by atoms with Crippen LogP contribution in [0, 0.1) is 13.8 Å². The maximum absolute atomic E-state index is 5.12. The van der Waals surface area contributed by atoms with Gasteiger partial charge in [0.1, 0.15) is 0 Å². The average Bonchev–Trinajstić information content (AvgIpc) is 2.37. The summed E-state index contributed by atoms with van der Waals surface area (Å²) in [4.78, 5) is 12.9. The highest BCUT2D eigenvalue weighted by molar-refractivity contribution is 5.59. The van der Waals surface area contributed by atoms with Crippen molar-refractivity contribution < 1.29 is 4.74 Å². The van der Waals surface area contributed by atoms with Crippen molar-refractivity contribution in [2.45, 2.75) is 20.8 Å². The molecule has 2 rings (SSSR count). The van der Waals surface area contributed by atoms with Gasteiger partial charge < -0.3 is 10.1 Å². The molecule has 1 aromatic heterocycles. The summed E-state index contributed by atoms with van der Waals surface area (Å²) in [6.45, 7) is 6.85. The zero-order valence-electron chi connectivity index (χ0n) is 11.7. The van der Waals surface area contributed by atoms with E-state index in [-0.39, 0.29) is 0 Å². The highest BCUT2D eigenvalue weighted by atomic mass is 16.5. The maximum Gasteiger partial charge on any atom is 0.321 e. The van der Waals surface area contributed by atoms with Gasteiger partial charge in [0.2, 0.25) is 5.95 Å². The van der Waals surface area contributed by atoms with Gasteiger partial charge in [-0.2, -0.15) is 15.0 Å². The number of aromatic nitrogens is 3. The van der Waals surface area contributed by atoms with Crippen LogP contribution >= 0.6 is 0 Å². The molecule has 19 heavy (non-hydrogen) atoms.